The first-order valence-corrected chi connectivity index (χ1v) is 9.36. The zero-order valence-corrected chi connectivity index (χ0v) is 14.6. The second kappa shape index (κ2) is 6.74. The van der Waals surface area contributed by atoms with Crippen LogP contribution in [0.2, 0.25) is 0 Å². The molecule has 0 aromatic carbocycles. The van der Waals surface area contributed by atoms with Crippen molar-refractivity contribution in [1.82, 2.24) is 20.2 Å². The Morgan fingerprint density at radius 1 is 1.46 bits per heavy atom. The van der Waals surface area contributed by atoms with Gasteiger partial charge in [0, 0.05) is 24.3 Å². The Hall–Kier alpha value is -1.57. The standard InChI is InChI=1S/C16H18ClN5OS/c17-14-13(11-9-19-22-7-2-1-5-12(11)22)21-16(24-14)15(23)20-10-4-3-6-18-8-10/h1-2,5,7,9-10,13-14,18H,3-4,6,8H2,(H,20,23). The third kappa shape index (κ3) is 3.03. The highest BCUT2D eigenvalue weighted by Gasteiger charge is 2.35. The van der Waals surface area contributed by atoms with Crippen molar-refractivity contribution in [2.75, 3.05) is 13.1 Å². The van der Waals surface area contributed by atoms with E-state index in [1.807, 2.05) is 24.4 Å². The molecule has 126 valence electrons. The van der Waals surface area contributed by atoms with Gasteiger partial charge < -0.3 is 10.6 Å². The Morgan fingerprint density at radius 2 is 2.38 bits per heavy atom. The molecule has 1 saturated heterocycles. The summed E-state index contributed by atoms with van der Waals surface area (Å²) < 4.78 is 1.49. The molecular formula is C16H18ClN5OS. The minimum Gasteiger partial charge on any atom is -0.346 e. The summed E-state index contributed by atoms with van der Waals surface area (Å²) in [5.74, 6) is -0.127. The predicted molar refractivity (Wildman–Crippen MR) is 96.6 cm³/mol. The van der Waals surface area contributed by atoms with Gasteiger partial charge in [-0.2, -0.15) is 5.10 Å². The van der Waals surface area contributed by atoms with Crippen molar-refractivity contribution in [3.63, 3.8) is 0 Å². The average Bonchev–Trinajstić information content (AvgIpc) is 3.19. The highest BCUT2D eigenvalue weighted by molar-refractivity contribution is 8.17. The van der Waals surface area contributed by atoms with E-state index in [1.165, 1.54) is 11.8 Å². The predicted octanol–water partition coefficient (Wildman–Crippen LogP) is 1.95. The van der Waals surface area contributed by atoms with Crippen molar-refractivity contribution in [2.24, 2.45) is 4.99 Å². The molecule has 4 heterocycles. The van der Waals surface area contributed by atoms with Crippen molar-refractivity contribution in [1.29, 1.82) is 0 Å². The number of carbonyl (C=O) groups excluding carboxylic acids is 1. The van der Waals surface area contributed by atoms with Crippen LogP contribution in [0, 0.1) is 0 Å². The molecule has 24 heavy (non-hydrogen) atoms. The number of hydrogen-bond acceptors (Lipinski definition) is 5. The molecule has 0 spiro atoms. The first-order chi connectivity index (χ1) is 11.7. The average molecular weight is 364 g/mol. The zero-order chi connectivity index (χ0) is 16.5. The zero-order valence-electron chi connectivity index (χ0n) is 13.0. The number of thioether (sulfide) groups is 1. The number of fused-ring (bicyclic) bond motifs is 1. The van der Waals surface area contributed by atoms with E-state index in [1.54, 1.807) is 10.7 Å². The molecule has 0 bridgehead atoms. The van der Waals surface area contributed by atoms with E-state index < -0.39 is 0 Å². The molecule has 2 aromatic heterocycles. The lowest BCUT2D eigenvalue weighted by atomic mass is 10.1. The third-order valence-electron chi connectivity index (χ3n) is 4.33. The van der Waals surface area contributed by atoms with Gasteiger partial charge in [-0.1, -0.05) is 17.8 Å². The Kier molecular flexibility index (Phi) is 4.47. The van der Waals surface area contributed by atoms with Gasteiger partial charge >= 0.3 is 0 Å². The van der Waals surface area contributed by atoms with E-state index in [0.29, 0.717) is 5.04 Å². The van der Waals surface area contributed by atoms with E-state index >= 15 is 0 Å². The summed E-state index contributed by atoms with van der Waals surface area (Å²) in [4.78, 5) is 17.1. The Labute approximate surface area is 149 Å². The molecule has 0 radical (unpaired) electrons. The van der Waals surface area contributed by atoms with Gasteiger partial charge in [0.1, 0.15) is 10.8 Å². The van der Waals surface area contributed by atoms with Crippen LogP contribution in [0.4, 0.5) is 0 Å². The number of piperidine rings is 1. The van der Waals surface area contributed by atoms with Gasteiger partial charge in [0.05, 0.1) is 11.7 Å². The summed E-state index contributed by atoms with van der Waals surface area (Å²) in [6.45, 7) is 1.83. The maximum atomic E-state index is 12.5. The number of nitrogens with one attached hydrogen (secondary N) is 2. The van der Waals surface area contributed by atoms with E-state index in [4.69, 9.17) is 11.6 Å². The molecule has 2 aliphatic heterocycles. The van der Waals surface area contributed by atoms with Crippen LogP contribution in [0.15, 0.2) is 35.6 Å². The fraction of sp³-hybridized carbons (Fsp3) is 0.438. The topological polar surface area (TPSA) is 70.8 Å². The molecule has 6 nitrogen and oxygen atoms in total. The molecular weight excluding hydrogens is 346 g/mol. The van der Waals surface area contributed by atoms with E-state index in [9.17, 15) is 4.79 Å². The molecule has 1 amide bonds. The smallest absolute Gasteiger partial charge is 0.276 e. The highest BCUT2D eigenvalue weighted by Crippen LogP contribution is 2.41. The summed E-state index contributed by atoms with van der Waals surface area (Å²) >= 11 is 7.79. The number of pyridine rings is 1. The van der Waals surface area contributed by atoms with E-state index in [2.05, 4.69) is 20.7 Å². The molecule has 1 fully saturated rings. The Balaban J connectivity index is 1.53. The van der Waals surface area contributed by atoms with Crippen molar-refractivity contribution in [3.8, 4) is 0 Å². The number of alkyl halides is 1. The van der Waals surface area contributed by atoms with Crippen molar-refractivity contribution >= 4 is 39.8 Å². The van der Waals surface area contributed by atoms with Crippen LogP contribution in [-0.2, 0) is 4.79 Å². The maximum absolute atomic E-state index is 12.5. The molecule has 0 aliphatic carbocycles. The van der Waals surface area contributed by atoms with Crippen molar-refractivity contribution < 1.29 is 4.79 Å². The van der Waals surface area contributed by atoms with Crippen LogP contribution >= 0.6 is 23.4 Å². The number of hydrogen-bond donors (Lipinski definition) is 2. The van der Waals surface area contributed by atoms with Crippen LogP contribution in [-0.4, -0.2) is 44.4 Å². The minimum atomic E-state index is -0.302. The van der Waals surface area contributed by atoms with Gasteiger partial charge in [-0.15, -0.1) is 11.6 Å². The van der Waals surface area contributed by atoms with Gasteiger partial charge in [0.25, 0.3) is 5.91 Å². The second-order valence-electron chi connectivity index (χ2n) is 6.00. The summed E-state index contributed by atoms with van der Waals surface area (Å²) in [7, 11) is 0. The number of rotatable bonds is 3. The highest BCUT2D eigenvalue weighted by atomic mass is 35.5. The number of carbonyl (C=O) groups is 1. The summed E-state index contributed by atoms with van der Waals surface area (Å²) in [6, 6.07) is 5.77. The largest absolute Gasteiger partial charge is 0.346 e. The van der Waals surface area contributed by atoms with Gasteiger partial charge in [-0.25, -0.2) is 4.52 Å². The SMILES string of the molecule is O=C(NC1CCCNC1)C1=NC(c2cnn3ccccc23)C(Cl)S1. The minimum absolute atomic E-state index is 0.127. The van der Waals surface area contributed by atoms with Crippen LogP contribution < -0.4 is 10.6 Å². The monoisotopic (exact) mass is 363 g/mol. The van der Waals surface area contributed by atoms with Gasteiger partial charge in [0.2, 0.25) is 0 Å². The fourth-order valence-corrected chi connectivity index (χ4v) is 4.45. The first kappa shape index (κ1) is 15.9. The van der Waals surface area contributed by atoms with E-state index in [0.717, 1.165) is 37.0 Å². The quantitative estimate of drug-likeness (QED) is 0.818. The first-order valence-electron chi connectivity index (χ1n) is 8.05. The van der Waals surface area contributed by atoms with Crippen LogP contribution in [0.3, 0.4) is 0 Å². The Morgan fingerprint density at radius 3 is 3.21 bits per heavy atom. The Bertz CT molecular complexity index is 786. The molecule has 2 aliphatic rings. The molecule has 2 aromatic rings. The summed E-state index contributed by atoms with van der Waals surface area (Å²) in [5.41, 5.74) is 1.92. The summed E-state index contributed by atoms with van der Waals surface area (Å²) in [6.07, 6.45) is 5.75. The van der Waals surface area contributed by atoms with Gasteiger partial charge in [-0.3, -0.25) is 9.79 Å². The lowest BCUT2D eigenvalue weighted by Crippen LogP contribution is -2.47. The van der Waals surface area contributed by atoms with Crippen LogP contribution in [0.25, 0.3) is 5.52 Å². The molecule has 0 saturated carbocycles. The normalized spacial score (nSPS) is 27.2. The van der Waals surface area contributed by atoms with Crippen LogP contribution in [0.1, 0.15) is 24.4 Å². The third-order valence-corrected chi connectivity index (χ3v) is 5.83. The number of amides is 1. The summed E-state index contributed by atoms with van der Waals surface area (Å²) in [5, 5.41) is 11.1. The lowest BCUT2D eigenvalue weighted by molar-refractivity contribution is -0.115. The van der Waals surface area contributed by atoms with Gasteiger partial charge in [-0.05, 0) is 31.5 Å². The van der Waals surface area contributed by atoms with Crippen LogP contribution in [0.5, 0.6) is 0 Å². The number of aliphatic imine (C=N–C) groups is 1. The van der Waals surface area contributed by atoms with Crippen molar-refractivity contribution in [3.05, 3.63) is 36.2 Å². The van der Waals surface area contributed by atoms with Crippen molar-refractivity contribution in [2.45, 2.75) is 29.6 Å². The molecule has 2 N–H and O–H groups in total. The number of nitrogens with zero attached hydrogens (tertiary/aromatic N) is 3. The molecule has 4 rings (SSSR count). The second-order valence-corrected chi connectivity index (χ2v) is 7.85. The number of halogens is 1. The molecule has 3 unspecified atom stereocenters. The molecule has 8 heteroatoms. The maximum Gasteiger partial charge on any atom is 0.276 e. The fourth-order valence-electron chi connectivity index (χ4n) is 3.11. The number of aromatic nitrogens is 2. The molecule has 3 atom stereocenters. The van der Waals surface area contributed by atoms with Gasteiger partial charge in [0.15, 0.2) is 5.04 Å². The van der Waals surface area contributed by atoms with E-state index in [-0.39, 0.29) is 22.7 Å². The lowest BCUT2D eigenvalue weighted by Gasteiger charge is -2.23.